The predicted octanol–water partition coefficient (Wildman–Crippen LogP) is 0.591. The molecule has 80 valence electrons. The molecule has 2 aliphatic rings. The van der Waals surface area contributed by atoms with Crippen LogP contribution >= 0.6 is 0 Å². The van der Waals surface area contributed by atoms with Crippen LogP contribution in [0.5, 0.6) is 0 Å². The highest BCUT2D eigenvalue weighted by Gasteiger charge is 2.62. The zero-order valence-corrected chi connectivity index (χ0v) is 7.88. The maximum Gasteiger partial charge on any atom is 0.260 e. The molecule has 0 aromatic carbocycles. The van der Waals surface area contributed by atoms with Gasteiger partial charge in [0.25, 0.3) is 5.92 Å². The topological polar surface area (TPSA) is 46.3 Å². The van der Waals surface area contributed by atoms with Gasteiger partial charge in [-0.15, -0.1) is 0 Å². The van der Waals surface area contributed by atoms with Gasteiger partial charge in [0.15, 0.2) is 0 Å². The predicted molar refractivity (Wildman–Crippen MR) is 46.8 cm³/mol. The van der Waals surface area contributed by atoms with Crippen LogP contribution in [0.2, 0.25) is 0 Å². The van der Waals surface area contributed by atoms with Crippen LogP contribution in [0.15, 0.2) is 0 Å². The van der Waals surface area contributed by atoms with Gasteiger partial charge in [-0.05, 0) is 12.8 Å². The summed E-state index contributed by atoms with van der Waals surface area (Å²) >= 11 is 0. The Kier molecular flexibility index (Phi) is 2.21. The number of piperidine rings is 1. The van der Waals surface area contributed by atoms with Crippen molar-refractivity contribution in [1.82, 2.24) is 4.90 Å². The van der Waals surface area contributed by atoms with Gasteiger partial charge in [0, 0.05) is 25.6 Å². The largest absolute Gasteiger partial charge is 0.342 e. The van der Waals surface area contributed by atoms with Gasteiger partial charge >= 0.3 is 0 Å². The average Bonchev–Trinajstić information content (AvgIpc) is 2.75. The van der Waals surface area contributed by atoms with E-state index in [1.54, 1.807) is 0 Å². The van der Waals surface area contributed by atoms with E-state index < -0.39 is 11.8 Å². The molecule has 2 fully saturated rings. The van der Waals surface area contributed by atoms with E-state index in [1.807, 2.05) is 0 Å². The van der Waals surface area contributed by atoms with Gasteiger partial charge in [-0.2, -0.15) is 0 Å². The Balaban J connectivity index is 1.88. The smallest absolute Gasteiger partial charge is 0.260 e. The van der Waals surface area contributed by atoms with Gasteiger partial charge in [-0.3, -0.25) is 4.79 Å². The summed E-state index contributed by atoms with van der Waals surface area (Å²) in [6, 6.07) is 0.124. The van der Waals surface area contributed by atoms with Gasteiger partial charge in [0.1, 0.15) is 5.92 Å². The number of carbonyl (C=O) groups is 1. The molecule has 1 aliphatic heterocycles. The molecule has 1 saturated carbocycles. The molecule has 1 heterocycles. The fourth-order valence-corrected chi connectivity index (χ4v) is 1.82. The van der Waals surface area contributed by atoms with Crippen molar-refractivity contribution in [3.8, 4) is 0 Å². The fraction of sp³-hybridized carbons (Fsp3) is 0.889. The number of hydrogen-bond donors (Lipinski definition) is 1. The van der Waals surface area contributed by atoms with E-state index in [9.17, 15) is 13.6 Å². The lowest BCUT2D eigenvalue weighted by atomic mass is 10.1. The van der Waals surface area contributed by atoms with Crippen LogP contribution < -0.4 is 5.73 Å². The molecule has 1 amide bonds. The Hall–Kier alpha value is -0.710. The van der Waals surface area contributed by atoms with Gasteiger partial charge in [-0.1, -0.05) is 0 Å². The summed E-state index contributed by atoms with van der Waals surface area (Å²) in [5.74, 6) is -4.17. The van der Waals surface area contributed by atoms with E-state index in [2.05, 4.69) is 0 Å². The van der Waals surface area contributed by atoms with Crippen molar-refractivity contribution in [2.24, 2.45) is 11.7 Å². The molecule has 1 unspecified atom stereocenters. The maximum atomic E-state index is 12.6. The van der Waals surface area contributed by atoms with Crippen LogP contribution in [0.3, 0.4) is 0 Å². The second-order valence-electron chi connectivity index (χ2n) is 4.18. The summed E-state index contributed by atoms with van der Waals surface area (Å²) in [4.78, 5) is 13.0. The van der Waals surface area contributed by atoms with Crippen molar-refractivity contribution in [2.75, 3.05) is 13.1 Å². The highest BCUT2D eigenvalue weighted by Crippen LogP contribution is 2.49. The molecule has 0 radical (unpaired) electrons. The van der Waals surface area contributed by atoms with E-state index >= 15 is 0 Å². The minimum atomic E-state index is -2.74. The molecular weight excluding hydrogens is 190 g/mol. The van der Waals surface area contributed by atoms with Gasteiger partial charge < -0.3 is 10.6 Å². The van der Waals surface area contributed by atoms with Crippen molar-refractivity contribution >= 4 is 5.91 Å². The summed E-state index contributed by atoms with van der Waals surface area (Å²) < 4.78 is 25.2. The number of nitrogens with two attached hydrogens (primary N) is 1. The van der Waals surface area contributed by atoms with Crippen molar-refractivity contribution in [1.29, 1.82) is 0 Å². The highest BCUT2D eigenvalue weighted by molar-refractivity contribution is 5.83. The molecular formula is C9H14F2N2O. The Labute approximate surface area is 81.2 Å². The monoisotopic (exact) mass is 204 g/mol. The molecule has 1 aliphatic carbocycles. The minimum Gasteiger partial charge on any atom is -0.342 e. The lowest BCUT2D eigenvalue weighted by molar-refractivity contribution is -0.135. The van der Waals surface area contributed by atoms with Crippen molar-refractivity contribution in [2.45, 2.75) is 31.2 Å². The van der Waals surface area contributed by atoms with Gasteiger partial charge in [0.2, 0.25) is 5.91 Å². The van der Waals surface area contributed by atoms with Crippen LogP contribution in [-0.2, 0) is 4.79 Å². The summed E-state index contributed by atoms with van der Waals surface area (Å²) in [6.45, 7) is 1.07. The standard InChI is InChI=1S/C9H14F2N2O/c10-9(11)5-7(9)8(14)13-3-1-6(12)2-4-13/h6-7H,1-5,12H2. The van der Waals surface area contributed by atoms with Crippen LogP contribution in [0.25, 0.3) is 0 Å². The zero-order valence-electron chi connectivity index (χ0n) is 7.88. The number of rotatable bonds is 1. The molecule has 0 aromatic rings. The summed E-state index contributed by atoms with van der Waals surface area (Å²) in [6.07, 6.45) is 1.18. The molecule has 3 nitrogen and oxygen atoms in total. The Bertz CT molecular complexity index is 249. The molecule has 0 aromatic heterocycles. The van der Waals surface area contributed by atoms with Gasteiger partial charge in [-0.25, -0.2) is 8.78 Å². The molecule has 0 spiro atoms. The first kappa shape index (κ1) is 9.83. The Morgan fingerprint density at radius 3 is 2.29 bits per heavy atom. The second-order valence-corrected chi connectivity index (χ2v) is 4.18. The molecule has 1 saturated heterocycles. The molecule has 1 atom stereocenters. The lowest BCUT2D eigenvalue weighted by Gasteiger charge is -2.30. The van der Waals surface area contributed by atoms with Crippen molar-refractivity contribution in [3.63, 3.8) is 0 Å². The third kappa shape index (κ3) is 1.73. The van der Waals surface area contributed by atoms with E-state index in [4.69, 9.17) is 5.73 Å². The van der Waals surface area contributed by atoms with Crippen molar-refractivity contribution < 1.29 is 13.6 Å². The van der Waals surface area contributed by atoms with Gasteiger partial charge in [0.05, 0.1) is 0 Å². The SMILES string of the molecule is NC1CCN(C(=O)C2CC2(F)F)CC1. The molecule has 2 N–H and O–H groups in total. The molecule has 5 heteroatoms. The normalized spacial score (nSPS) is 31.6. The zero-order chi connectivity index (χ0) is 10.3. The van der Waals surface area contributed by atoms with Crippen molar-refractivity contribution in [3.05, 3.63) is 0 Å². The van der Waals surface area contributed by atoms with Crippen LogP contribution in [0.1, 0.15) is 19.3 Å². The number of likely N-dealkylation sites (tertiary alicyclic amines) is 1. The van der Waals surface area contributed by atoms with E-state index in [-0.39, 0.29) is 18.4 Å². The summed E-state index contributed by atoms with van der Waals surface area (Å²) in [5.41, 5.74) is 5.66. The van der Waals surface area contributed by atoms with Crippen LogP contribution in [-0.4, -0.2) is 35.9 Å². The summed E-state index contributed by atoms with van der Waals surface area (Å²) in [7, 11) is 0. The Morgan fingerprint density at radius 2 is 1.86 bits per heavy atom. The number of hydrogen-bond acceptors (Lipinski definition) is 2. The van der Waals surface area contributed by atoms with E-state index in [0.717, 1.165) is 12.8 Å². The number of amides is 1. The number of alkyl halides is 2. The fourth-order valence-electron chi connectivity index (χ4n) is 1.82. The summed E-state index contributed by atoms with van der Waals surface area (Å²) in [5, 5.41) is 0. The lowest BCUT2D eigenvalue weighted by Crippen LogP contribution is -2.44. The first-order valence-corrected chi connectivity index (χ1v) is 4.93. The van der Waals surface area contributed by atoms with Crippen LogP contribution in [0, 0.1) is 5.92 Å². The minimum absolute atomic E-state index is 0.124. The second kappa shape index (κ2) is 3.15. The maximum absolute atomic E-state index is 12.6. The van der Waals surface area contributed by atoms with Crippen LogP contribution in [0.4, 0.5) is 8.78 Å². The quantitative estimate of drug-likeness (QED) is 0.679. The first-order valence-electron chi connectivity index (χ1n) is 4.93. The first-order chi connectivity index (χ1) is 6.50. The van der Waals surface area contributed by atoms with E-state index in [1.165, 1.54) is 4.90 Å². The number of nitrogens with zero attached hydrogens (tertiary/aromatic N) is 1. The number of halogens is 2. The Morgan fingerprint density at radius 1 is 1.36 bits per heavy atom. The third-order valence-corrected chi connectivity index (χ3v) is 2.98. The third-order valence-electron chi connectivity index (χ3n) is 2.98. The highest BCUT2D eigenvalue weighted by atomic mass is 19.3. The molecule has 2 rings (SSSR count). The molecule has 14 heavy (non-hydrogen) atoms. The average molecular weight is 204 g/mol. The number of carbonyl (C=O) groups excluding carboxylic acids is 1. The van der Waals surface area contributed by atoms with E-state index in [0.29, 0.717) is 13.1 Å². The molecule has 0 bridgehead atoms.